The van der Waals surface area contributed by atoms with Crippen LogP contribution in [-0.2, 0) is 20.8 Å². The number of amides is 1. The maximum absolute atomic E-state index is 11.0. The van der Waals surface area contributed by atoms with E-state index < -0.39 is 23.9 Å². The molecule has 1 aromatic carbocycles. The van der Waals surface area contributed by atoms with E-state index in [1.807, 2.05) is 0 Å². The molecule has 0 fully saturated rings. The summed E-state index contributed by atoms with van der Waals surface area (Å²) in [4.78, 5) is 32.6. The van der Waals surface area contributed by atoms with E-state index >= 15 is 0 Å². The second-order valence-electron chi connectivity index (χ2n) is 4.03. The fourth-order valence-electron chi connectivity index (χ4n) is 1.54. The molecule has 1 rings (SSSR count). The lowest BCUT2D eigenvalue weighted by molar-refractivity contribution is -0.141. The van der Waals surface area contributed by atoms with Gasteiger partial charge in [-0.3, -0.25) is 9.59 Å². The highest BCUT2D eigenvalue weighted by Crippen LogP contribution is 2.13. The molecule has 102 valence electrons. The van der Waals surface area contributed by atoms with Crippen LogP contribution in [-0.4, -0.2) is 29.0 Å². The number of hydrogen-bond donors (Lipinski definition) is 2. The Bertz CT molecular complexity index is 480. The zero-order valence-electron chi connectivity index (χ0n) is 10.7. The van der Waals surface area contributed by atoms with Gasteiger partial charge in [0.25, 0.3) is 0 Å². The first kappa shape index (κ1) is 14.7. The molecule has 0 saturated heterocycles. The fraction of sp³-hybridized carbons (Fsp3) is 0.308. The standard InChI is InChI=1S/C13H15NO5/c1-8(15)14-12(13(17)18)7-10-3-5-11(6-4-10)19-9(2)16/h3-6,12H,7H2,1-2H3,(H,14,15)(H,17,18). The Morgan fingerprint density at radius 1 is 1.21 bits per heavy atom. The SMILES string of the molecule is CC(=O)NC(Cc1ccc(OC(C)=O)cc1)C(=O)O. The summed E-state index contributed by atoms with van der Waals surface area (Å²) >= 11 is 0. The van der Waals surface area contributed by atoms with E-state index in [1.54, 1.807) is 24.3 Å². The Labute approximate surface area is 110 Å². The molecule has 1 unspecified atom stereocenters. The van der Waals surface area contributed by atoms with Crippen molar-refractivity contribution in [2.75, 3.05) is 0 Å². The van der Waals surface area contributed by atoms with Gasteiger partial charge >= 0.3 is 11.9 Å². The Kier molecular flexibility index (Phi) is 5.05. The van der Waals surface area contributed by atoms with Gasteiger partial charge in [0, 0.05) is 20.3 Å². The number of esters is 1. The molecule has 0 aliphatic carbocycles. The van der Waals surface area contributed by atoms with Crippen LogP contribution in [0.4, 0.5) is 0 Å². The highest BCUT2D eigenvalue weighted by atomic mass is 16.5. The van der Waals surface area contributed by atoms with Crippen LogP contribution in [0.5, 0.6) is 5.75 Å². The highest BCUT2D eigenvalue weighted by Gasteiger charge is 2.18. The molecule has 0 aliphatic heterocycles. The average Bonchev–Trinajstić information content (AvgIpc) is 2.29. The summed E-state index contributed by atoms with van der Waals surface area (Å²) < 4.78 is 4.86. The number of carboxylic acid groups (broad SMARTS) is 1. The van der Waals surface area contributed by atoms with E-state index in [0.717, 1.165) is 5.56 Å². The number of ether oxygens (including phenoxy) is 1. The first-order valence-electron chi connectivity index (χ1n) is 5.65. The zero-order chi connectivity index (χ0) is 14.4. The van der Waals surface area contributed by atoms with Crippen molar-refractivity contribution in [3.05, 3.63) is 29.8 Å². The smallest absolute Gasteiger partial charge is 0.326 e. The van der Waals surface area contributed by atoms with Crippen molar-refractivity contribution in [2.45, 2.75) is 26.3 Å². The number of aliphatic carboxylic acids is 1. The number of hydrogen-bond acceptors (Lipinski definition) is 4. The maximum atomic E-state index is 11.0. The molecule has 6 heteroatoms. The summed E-state index contributed by atoms with van der Waals surface area (Å²) in [6.45, 7) is 2.56. The molecule has 0 saturated carbocycles. The minimum absolute atomic E-state index is 0.162. The van der Waals surface area contributed by atoms with Crippen molar-refractivity contribution in [1.29, 1.82) is 0 Å². The van der Waals surface area contributed by atoms with Crippen molar-refractivity contribution in [1.82, 2.24) is 5.32 Å². The lowest BCUT2D eigenvalue weighted by Gasteiger charge is -2.13. The van der Waals surface area contributed by atoms with E-state index in [0.29, 0.717) is 5.75 Å². The largest absolute Gasteiger partial charge is 0.480 e. The molecule has 0 radical (unpaired) electrons. The van der Waals surface area contributed by atoms with Crippen molar-refractivity contribution in [3.63, 3.8) is 0 Å². The maximum Gasteiger partial charge on any atom is 0.326 e. The predicted molar refractivity (Wildman–Crippen MR) is 66.7 cm³/mol. The van der Waals surface area contributed by atoms with Crippen molar-refractivity contribution in [3.8, 4) is 5.75 Å². The third kappa shape index (κ3) is 5.20. The summed E-state index contributed by atoms with van der Waals surface area (Å²) in [5.41, 5.74) is 0.719. The van der Waals surface area contributed by atoms with E-state index in [9.17, 15) is 14.4 Å². The molecule has 0 aliphatic rings. The minimum Gasteiger partial charge on any atom is -0.480 e. The van der Waals surface area contributed by atoms with Gasteiger partial charge in [-0.05, 0) is 17.7 Å². The summed E-state index contributed by atoms with van der Waals surface area (Å²) in [7, 11) is 0. The zero-order valence-corrected chi connectivity index (χ0v) is 10.7. The molecule has 6 nitrogen and oxygen atoms in total. The van der Waals surface area contributed by atoms with Crippen LogP contribution in [0.3, 0.4) is 0 Å². The molecule has 1 aromatic rings. The molecular formula is C13H15NO5. The molecule has 0 aromatic heterocycles. The van der Waals surface area contributed by atoms with Gasteiger partial charge < -0.3 is 15.2 Å². The Hall–Kier alpha value is -2.37. The summed E-state index contributed by atoms with van der Waals surface area (Å²) in [5.74, 6) is -1.53. The van der Waals surface area contributed by atoms with Crippen LogP contribution in [0, 0.1) is 0 Å². The quantitative estimate of drug-likeness (QED) is 0.605. The van der Waals surface area contributed by atoms with Gasteiger partial charge in [0.1, 0.15) is 11.8 Å². The third-order valence-corrected chi connectivity index (χ3v) is 2.30. The third-order valence-electron chi connectivity index (χ3n) is 2.30. The van der Waals surface area contributed by atoms with Gasteiger partial charge in [0.2, 0.25) is 5.91 Å². The van der Waals surface area contributed by atoms with E-state index in [2.05, 4.69) is 5.32 Å². The Morgan fingerprint density at radius 2 is 1.79 bits per heavy atom. The lowest BCUT2D eigenvalue weighted by Crippen LogP contribution is -2.41. The molecule has 0 heterocycles. The van der Waals surface area contributed by atoms with Crippen LogP contribution in [0.25, 0.3) is 0 Å². The summed E-state index contributed by atoms with van der Waals surface area (Å²) in [5, 5.41) is 11.3. The number of benzene rings is 1. The monoisotopic (exact) mass is 265 g/mol. The van der Waals surface area contributed by atoms with Crippen molar-refractivity contribution in [2.24, 2.45) is 0 Å². The van der Waals surface area contributed by atoms with Gasteiger partial charge in [-0.1, -0.05) is 12.1 Å². The minimum atomic E-state index is -1.10. The molecular weight excluding hydrogens is 250 g/mol. The Morgan fingerprint density at radius 3 is 2.21 bits per heavy atom. The second kappa shape index (κ2) is 6.53. The van der Waals surface area contributed by atoms with E-state index in [1.165, 1.54) is 13.8 Å². The first-order chi connectivity index (χ1) is 8.88. The van der Waals surface area contributed by atoms with Gasteiger partial charge in [0.15, 0.2) is 0 Å². The van der Waals surface area contributed by atoms with Gasteiger partial charge in [0.05, 0.1) is 0 Å². The van der Waals surface area contributed by atoms with Crippen LogP contribution in [0.1, 0.15) is 19.4 Å². The molecule has 1 atom stereocenters. The molecule has 0 spiro atoms. The average molecular weight is 265 g/mol. The fourth-order valence-corrected chi connectivity index (χ4v) is 1.54. The topological polar surface area (TPSA) is 92.7 Å². The van der Waals surface area contributed by atoms with Crippen molar-refractivity contribution < 1.29 is 24.2 Å². The molecule has 2 N–H and O–H groups in total. The number of carbonyl (C=O) groups excluding carboxylic acids is 2. The predicted octanol–water partition coefficient (Wildman–Crippen LogP) is 0.744. The summed E-state index contributed by atoms with van der Waals surface area (Å²) in [6.07, 6.45) is 0.162. The van der Waals surface area contributed by atoms with Crippen LogP contribution in [0.15, 0.2) is 24.3 Å². The second-order valence-corrected chi connectivity index (χ2v) is 4.03. The summed E-state index contributed by atoms with van der Waals surface area (Å²) in [6, 6.07) is 5.47. The molecule has 19 heavy (non-hydrogen) atoms. The Balaban J connectivity index is 2.72. The van der Waals surface area contributed by atoms with Gasteiger partial charge in [-0.15, -0.1) is 0 Å². The van der Waals surface area contributed by atoms with Crippen LogP contribution < -0.4 is 10.1 Å². The van der Waals surface area contributed by atoms with Crippen LogP contribution in [0.2, 0.25) is 0 Å². The number of nitrogens with one attached hydrogen (secondary N) is 1. The normalized spacial score (nSPS) is 11.5. The van der Waals surface area contributed by atoms with E-state index in [-0.39, 0.29) is 6.42 Å². The number of carboxylic acids is 1. The highest BCUT2D eigenvalue weighted by molar-refractivity contribution is 5.82. The van der Waals surface area contributed by atoms with Gasteiger partial charge in [-0.2, -0.15) is 0 Å². The first-order valence-corrected chi connectivity index (χ1v) is 5.65. The van der Waals surface area contributed by atoms with Crippen LogP contribution >= 0.6 is 0 Å². The van der Waals surface area contributed by atoms with Crippen molar-refractivity contribution >= 4 is 17.8 Å². The van der Waals surface area contributed by atoms with E-state index in [4.69, 9.17) is 9.84 Å². The number of carbonyl (C=O) groups is 3. The molecule has 1 amide bonds. The molecule has 0 bridgehead atoms. The number of rotatable bonds is 5. The van der Waals surface area contributed by atoms with Gasteiger partial charge in [-0.25, -0.2) is 4.79 Å². The lowest BCUT2D eigenvalue weighted by atomic mass is 10.1.